The monoisotopic (exact) mass is 362 g/mol. The van der Waals surface area contributed by atoms with Crippen LogP contribution in [0.5, 0.6) is 0 Å². The minimum absolute atomic E-state index is 0.344. The molecule has 2 aliphatic rings. The number of allylic oxidation sites excluding steroid dienone is 2. The van der Waals surface area contributed by atoms with Gasteiger partial charge in [0, 0.05) is 4.88 Å². The summed E-state index contributed by atoms with van der Waals surface area (Å²) >= 11 is 1.41. The molecule has 1 heterocycles. The van der Waals surface area contributed by atoms with Crippen molar-refractivity contribution in [2.75, 3.05) is 5.32 Å². The third kappa shape index (κ3) is 3.61. The predicted octanol–water partition coefficient (Wildman–Crippen LogP) is 2.72. The van der Waals surface area contributed by atoms with E-state index in [4.69, 9.17) is 5.73 Å². The molecule has 7 heteroatoms. The van der Waals surface area contributed by atoms with Gasteiger partial charge in [-0.2, -0.15) is 0 Å². The van der Waals surface area contributed by atoms with Gasteiger partial charge in [-0.3, -0.25) is 14.4 Å². The Labute approximate surface area is 150 Å². The van der Waals surface area contributed by atoms with E-state index in [-0.39, 0.29) is 5.91 Å². The molecule has 134 valence electrons. The zero-order valence-corrected chi connectivity index (χ0v) is 14.7. The topological polar surface area (TPSA) is 109 Å². The highest BCUT2D eigenvalue weighted by Gasteiger charge is 2.35. The summed E-state index contributed by atoms with van der Waals surface area (Å²) in [5.74, 6) is -3.23. The molecule has 0 unspecified atom stereocenters. The van der Waals surface area contributed by atoms with Gasteiger partial charge in [0.1, 0.15) is 5.00 Å². The van der Waals surface area contributed by atoms with Gasteiger partial charge in [0.15, 0.2) is 0 Å². The number of thiophene rings is 1. The fourth-order valence-corrected chi connectivity index (χ4v) is 4.97. The number of anilines is 1. The number of carboxylic acids is 1. The molecule has 0 saturated heterocycles. The summed E-state index contributed by atoms with van der Waals surface area (Å²) in [5, 5.41) is 12.6. The number of carbonyl (C=O) groups excluding carboxylic acids is 2. The average molecular weight is 362 g/mol. The SMILES string of the molecule is NC(=O)c1c(NC(=O)[C@@H]2CC=CC[C@H]2C(=O)O)sc2c1CCCCC2. The molecule has 0 saturated carbocycles. The molecule has 6 nitrogen and oxygen atoms in total. The number of carboxylic acid groups (broad SMARTS) is 1. The van der Waals surface area contributed by atoms with Crippen LogP contribution in [0.1, 0.15) is 52.9 Å². The highest BCUT2D eigenvalue weighted by molar-refractivity contribution is 7.17. The van der Waals surface area contributed by atoms with E-state index < -0.39 is 23.7 Å². The number of aliphatic carboxylic acids is 1. The van der Waals surface area contributed by atoms with Crippen LogP contribution in [-0.4, -0.2) is 22.9 Å². The van der Waals surface area contributed by atoms with Crippen molar-refractivity contribution in [3.05, 3.63) is 28.2 Å². The Kier molecular flexibility index (Phi) is 5.22. The van der Waals surface area contributed by atoms with Gasteiger partial charge in [0.25, 0.3) is 5.91 Å². The molecule has 0 aliphatic heterocycles. The van der Waals surface area contributed by atoms with Crippen molar-refractivity contribution < 1.29 is 19.5 Å². The van der Waals surface area contributed by atoms with Crippen LogP contribution in [0.4, 0.5) is 5.00 Å². The maximum atomic E-state index is 12.7. The van der Waals surface area contributed by atoms with Crippen LogP contribution in [0.2, 0.25) is 0 Å². The van der Waals surface area contributed by atoms with Gasteiger partial charge in [-0.15, -0.1) is 11.3 Å². The van der Waals surface area contributed by atoms with E-state index in [1.165, 1.54) is 11.3 Å². The summed E-state index contributed by atoms with van der Waals surface area (Å²) in [6, 6.07) is 0. The van der Waals surface area contributed by atoms with Crippen LogP contribution < -0.4 is 11.1 Å². The molecule has 1 aromatic rings. The number of carbonyl (C=O) groups is 3. The fourth-order valence-electron chi connectivity index (χ4n) is 3.67. The Balaban J connectivity index is 1.87. The second-order valence-corrected chi connectivity index (χ2v) is 7.72. The number of amides is 2. The van der Waals surface area contributed by atoms with Crippen LogP contribution >= 0.6 is 11.3 Å². The van der Waals surface area contributed by atoms with Crippen molar-refractivity contribution in [3.8, 4) is 0 Å². The van der Waals surface area contributed by atoms with E-state index in [9.17, 15) is 19.5 Å². The fraction of sp³-hybridized carbons (Fsp3) is 0.500. The molecule has 0 spiro atoms. The summed E-state index contributed by atoms with van der Waals surface area (Å²) < 4.78 is 0. The normalized spacial score (nSPS) is 22.7. The zero-order valence-electron chi connectivity index (χ0n) is 13.9. The largest absolute Gasteiger partial charge is 0.481 e. The summed E-state index contributed by atoms with van der Waals surface area (Å²) in [6.07, 6.45) is 9.24. The minimum Gasteiger partial charge on any atom is -0.481 e. The quantitative estimate of drug-likeness (QED) is 0.565. The summed E-state index contributed by atoms with van der Waals surface area (Å²) in [7, 11) is 0. The molecule has 4 N–H and O–H groups in total. The number of aryl methyl sites for hydroxylation is 1. The van der Waals surface area contributed by atoms with Crippen LogP contribution in [-0.2, 0) is 22.4 Å². The second kappa shape index (κ2) is 7.39. The highest BCUT2D eigenvalue weighted by Crippen LogP contribution is 2.38. The van der Waals surface area contributed by atoms with Gasteiger partial charge < -0.3 is 16.2 Å². The number of rotatable bonds is 4. The lowest BCUT2D eigenvalue weighted by Crippen LogP contribution is -2.35. The molecule has 0 fully saturated rings. The minimum atomic E-state index is -0.971. The zero-order chi connectivity index (χ0) is 18.0. The average Bonchev–Trinajstić information content (AvgIpc) is 2.76. The predicted molar refractivity (Wildman–Crippen MR) is 95.7 cm³/mol. The maximum Gasteiger partial charge on any atom is 0.307 e. The first-order chi connectivity index (χ1) is 12.0. The summed E-state index contributed by atoms with van der Waals surface area (Å²) in [6.45, 7) is 0. The van der Waals surface area contributed by atoms with Crippen molar-refractivity contribution >= 4 is 34.1 Å². The van der Waals surface area contributed by atoms with E-state index in [1.54, 1.807) is 6.08 Å². The number of nitrogens with one attached hydrogen (secondary N) is 1. The van der Waals surface area contributed by atoms with E-state index in [2.05, 4.69) is 5.32 Å². The van der Waals surface area contributed by atoms with E-state index in [1.807, 2.05) is 6.08 Å². The van der Waals surface area contributed by atoms with Crippen molar-refractivity contribution in [1.29, 1.82) is 0 Å². The van der Waals surface area contributed by atoms with Crippen LogP contribution in [0.3, 0.4) is 0 Å². The Bertz CT molecular complexity index is 738. The van der Waals surface area contributed by atoms with Crippen molar-refractivity contribution in [1.82, 2.24) is 0 Å². The summed E-state index contributed by atoms with van der Waals surface area (Å²) in [4.78, 5) is 37.2. The van der Waals surface area contributed by atoms with Crippen LogP contribution in [0, 0.1) is 11.8 Å². The van der Waals surface area contributed by atoms with Crippen molar-refractivity contribution in [2.24, 2.45) is 17.6 Å². The number of nitrogens with two attached hydrogens (primary N) is 1. The lowest BCUT2D eigenvalue weighted by Gasteiger charge is -2.24. The Morgan fingerprint density at radius 3 is 2.44 bits per heavy atom. The first kappa shape index (κ1) is 17.7. The van der Waals surface area contributed by atoms with Gasteiger partial charge in [-0.25, -0.2) is 0 Å². The molecule has 0 radical (unpaired) electrons. The second-order valence-electron chi connectivity index (χ2n) is 6.62. The van der Waals surface area contributed by atoms with Crippen LogP contribution in [0.25, 0.3) is 0 Å². The van der Waals surface area contributed by atoms with Crippen molar-refractivity contribution in [3.63, 3.8) is 0 Å². The van der Waals surface area contributed by atoms with E-state index >= 15 is 0 Å². The Morgan fingerprint density at radius 1 is 1.08 bits per heavy atom. The molecule has 25 heavy (non-hydrogen) atoms. The molecule has 1 aromatic heterocycles. The lowest BCUT2D eigenvalue weighted by molar-refractivity contribution is -0.146. The lowest BCUT2D eigenvalue weighted by atomic mass is 9.82. The number of fused-ring (bicyclic) bond motifs is 1. The number of hydrogen-bond donors (Lipinski definition) is 3. The molecule has 0 bridgehead atoms. The smallest absolute Gasteiger partial charge is 0.307 e. The third-order valence-corrected chi connectivity index (χ3v) is 6.20. The Hall–Kier alpha value is -2.15. The number of primary amides is 1. The number of hydrogen-bond acceptors (Lipinski definition) is 4. The van der Waals surface area contributed by atoms with Crippen molar-refractivity contribution in [2.45, 2.75) is 44.9 Å². The third-order valence-electron chi connectivity index (χ3n) is 4.99. The standard InChI is InChI=1S/C18H22N2O4S/c19-15(21)14-12-8-2-1-3-9-13(12)25-17(14)20-16(22)10-6-4-5-7-11(10)18(23)24/h4-5,10-11H,1-3,6-9H2,(H2,19,21)(H,20,22)(H,23,24)/t10-,11-/m1/s1. The summed E-state index contributed by atoms with van der Waals surface area (Å²) in [5.41, 5.74) is 6.95. The first-order valence-electron chi connectivity index (χ1n) is 8.62. The highest BCUT2D eigenvalue weighted by atomic mass is 32.1. The first-order valence-corrected chi connectivity index (χ1v) is 9.43. The van der Waals surface area contributed by atoms with Crippen LogP contribution in [0.15, 0.2) is 12.2 Å². The van der Waals surface area contributed by atoms with Gasteiger partial charge in [0.2, 0.25) is 5.91 Å². The van der Waals surface area contributed by atoms with Gasteiger partial charge >= 0.3 is 5.97 Å². The molecule has 2 amide bonds. The molecule has 2 aliphatic carbocycles. The maximum absolute atomic E-state index is 12.7. The van der Waals surface area contributed by atoms with Gasteiger partial charge in [-0.1, -0.05) is 18.6 Å². The van der Waals surface area contributed by atoms with Gasteiger partial charge in [-0.05, 0) is 44.1 Å². The van der Waals surface area contributed by atoms with Gasteiger partial charge in [0.05, 0.1) is 17.4 Å². The van der Waals surface area contributed by atoms with E-state index in [0.29, 0.717) is 23.4 Å². The molecular weight excluding hydrogens is 340 g/mol. The van der Waals surface area contributed by atoms with E-state index in [0.717, 1.165) is 42.5 Å². The molecule has 0 aromatic carbocycles. The molecule has 2 atom stereocenters. The Morgan fingerprint density at radius 2 is 1.76 bits per heavy atom. The molecular formula is C18H22N2O4S. The molecule has 3 rings (SSSR count).